The average Bonchev–Trinajstić information content (AvgIpc) is 3.56. The van der Waals surface area contributed by atoms with Crippen LogP contribution in [0.25, 0.3) is 100 Å². The maximum Gasteiger partial charge on any atom is 0.160 e. The second-order valence-corrected chi connectivity index (χ2v) is 13.4. The van der Waals surface area contributed by atoms with Gasteiger partial charge in [-0.05, 0) is 96.7 Å². The third kappa shape index (κ3) is 5.30. The minimum Gasteiger partial charge on any atom is -0.228 e. The summed E-state index contributed by atoms with van der Waals surface area (Å²) in [6, 6.07) is 69.2. The molecule has 52 heavy (non-hydrogen) atoms. The number of benzene rings is 8. The molecule has 1 aliphatic carbocycles. The van der Waals surface area contributed by atoms with Gasteiger partial charge in [-0.3, -0.25) is 0 Å². The van der Waals surface area contributed by atoms with E-state index in [1.54, 1.807) is 0 Å². The van der Waals surface area contributed by atoms with Crippen LogP contribution in [0.5, 0.6) is 0 Å². The Labute approximate surface area is 303 Å². The van der Waals surface area contributed by atoms with E-state index in [2.05, 4.69) is 170 Å². The highest BCUT2D eigenvalue weighted by Gasteiger charge is 2.21. The van der Waals surface area contributed by atoms with Crippen molar-refractivity contribution >= 4 is 10.8 Å². The minimum atomic E-state index is 0.712. The molecule has 1 heterocycles. The molecule has 0 spiro atoms. The van der Waals surface area contributed by atoms with Gasteiger partial charge in [-0.1, -0.05) is 164 Å². The Bertz CT molecular complexity index is 2770. The van der Waals surface area contributed by atoms with E-state index in [0.29, 0.717) is 5.82 Å². The third-order valence-electron chi connectivity index (χ3n) is 10.2. The van der Waals surface area contributed by atoms with E-state index in [4.69, 9.17) is 9.97 Å². The Hall–Kier alpha value is -6.90. The molecule has 0 saturated carbocycles. The maximum atomic E-state index is 5.09. The van der Waals surface area contributed by atoms with Crippen LogP contribution < -0.4 is 0 Å². The molecule has 2 nitrogen and oxygen atoms in total. The van der Waals surface area contributed by atoms with Crippen molar-refractivity contribution in [3.8, 4) is 89.5 Å². The molecule has 0 atom stereocenters. The number of hydrogen-bond acceptors (Lipinski definition) is 2. The lowest BCUT2D eigenvalue weighted by Crippen LogP contribution is -1.96. The van der Waals surface area contributed by atoms with Crippen LogP contribution in [0.4, 0.5) is 0 Å². The lowest BCUT2D eigenvalue weighted by atomic mass is 9.94. The zero-order chi connectivity index (χ0) is 34.4. The van der Waals surface area contributed by atoms with E-state index in [1.165, 1.54) is 55.3 Å². The lowest BCUT2D eigenvalue weighted by molar-refractivity contribution is 1.18. The smallest absolute Gasteiger partial charge is 0.160 e. The Balaban J connectivity index is 1.01. The molecular formula is C50H32N2. The number of nitrogens with zero attached hydrogens (tertiary/aromatic N) is 2. The fourth-order valence-electron chi connectivity index (χ4n) is 7.64. The van der Waals surface area contributed by atoms with Gasteiger partial charge >= 0.3 is 0 Å². The molecule has 0 fully saturated rings. The highest BCUT2D eigenvalue weighted by Crippen LogP contribution is 2.48. The first-order valence-corrected chi connectivity index (χ1v) is 17.7. The molecule has 8 aromatic carbocycles. The first kappa shape index (κ1) is 30.0. The first-order chi connectivity index (χ1) is 25.7. The van der Waals surface area contributed by atoms with Crippen molar-refractivity contribution in [2.75, 3.05) is 0 Å². The molecule has 0 unspecified atom stereocenters. The highest BCUT2D eigenvalue weighted by atomic mass is 14.9. The van der Waals surface area contributed by atoms with Gasteiger partial charge < -0.3 is 0 Å². The first-order valence-electron chi connectivity index (χ1n) is 17.7. The van der Waals surface area contributed by atoms with E-state index in [1.807, 2.05) is 24.3 Å². The van der Waals surface area contributed by atoms with Crippen LogP contribution in [0.3, 0.4) is 0 Å². The topological polar surface area (TPSA) is 25.8 Å². The van der Waals surface area contributed by atoms with E-state index in [9.17, 15) is 0 Å². The second-order valence-electron chi connectivity index (χ2n) is 13.4. The van der Waals surface area contributed by atoms with Gasteiger partial charge in [-0.2, -0.15) is 0 Å². The van der Waals surface area contributed by atoms with Gasteiger partial charge in [0.15, 0.2) is 5.82 Å². The van der Waals surface area contributed by atoms with Crippen LogP contribution >= 0.6 is 0 Å². The van der Waals surface area contributed by atoms with E-state index in [-0.39, 0.29) is 0 Å². The van der Waals surface area contributed by atoms with Gasteiger partial charge in [0.1, 0.15) is 0 Å². The molecule has 0 saturated heterocycles. The molecular weight excluding hydrogens is 629 g/mol. The molecule has 0 aliphatic heterocycles. The molecule has 0 amide bonds. The number of hydrogen-bond donors (Lipinski definition) is 0. The van der Waals surface area contributed by atoms with Crippen molar-refractivity contribution in [2.45, 2.75) is 0 Å². The number of aromatic nitrogens is 2. The predicted octanol–water partition coefficient (Wildman–Crippen LogP) is 13.3. The molecule has 0 N–H and O–H groups in total. The van der Waals surface area contributed by atoms with Crippen molar-refractivity contribution in [3.05, 3.63) is 194 Å². The van der Waals surface area contributed by atoms with Crippen LogP contribution in [0.15, 0.2) is 194 Å². The van der Waals surface area contributed by atoms with Gasteiger partial charge in [0.2, 0.25) is 0 Å². The largest absolute Gasteiger partial charge is 0.228 e. The molecule has 242 valence electrons. The molecule has 10 rings (SSSR count). The standard InChI is InChI=1S/C50H32N2/c1-3-12-33(13-4-1)38-17-10-19-40(29-38)48-32-47(51-50(52-48)36-14-5-2-6-15-36)35-26-24-34(25-27-35)37-16-9-18-39(28-37)42-30-41-20-11-23-45-43-21-7-8-22-44(43)46(31-42)49(41)45/h1-32H. The van der Waals surface area contributed by atoms with Crippen LogP contribution in [-0.2, 0) is 0 Å². The van der Waals surface area contributed by atoms with Crippen LogP contribution in [0, 0.1) is 0 Å². The zero-order valence-electron chi connectivity index (χ0n) is 28.4. The highest BCUT2D eigenvalue weighted by molar-refractivity contribution is 6.16. The fraction of sp³-hybridized carbons (Fsp3) is 0. The summed E-state index contributed by atoms with van der Waals surface area (Å²) >= 11 is 0. The average molecular weight is 661 g/mol. The Morgan fingerprint density at radius 1 is 0.250 bits per heavy atom. The summed E-state index contributed by atoms with van der Waals surface area (Å²) in [7, 11) is 0. The van der Waals surface area contributed by atoms with Gasteiger partial charge in [0, 0.05) is 16.7 Å². The molecule has 9 aromatic rings. The molecule has 0 radical (unpaired) electrons. The van der Waals surface area contributed by atoms with E-state index in [0.717, 1.165) is 39.2 Å². The molecule has 2 heteroatoms. The second kappa shape index (κ2) is 12.5. The van der Waals surface area contributed by atoms with Gasteiger partial charge in [0.05, 0.1) is 11.4 Å². The van der Waals surface area contributed by atoms with Crippen LogP contribution in [-0.4, -0.2) is 9.97 Å². The summed E-state index contributed by atoms with van der Waals surface area (Å²) in [5.74, 6) is 0.712. The molecule has 1 aromatic heterocycles. The summed E-state index contributed by atoms with van der Waals surface area (Å²) in [5, 5.41) is 2.63. The van der Waals surface area contributed by atoms with Crippen LogP contribution in [0.2, 0.25) is 0 Å². The summed E-state index contributed by atoms with van der Waals surface area (Å²) in [6.45, 7) is 0. The third-order valence-corrected chi connectivity index (χ3v) is 10.2. The Kier molecular flexibility index (Phi) is 7.18. The van der Waals surface area contributed by atoms with Crippen molar-refractivity contribution in [1.82, 2.24) is 9.97 Å². The summed E-state index contributed by atoms with van der Waals surface area (Å²) in [5.41, 5.74) is 17.3. The maximum absolute atomic E-state index is 5.09. The summed E-state index contributed by atoms with van der Waals surface area (Å²) in [6.07, 6.45) is 0. The van der Waals surface area contributed by atoms with Gasteiger partial charge in [-0.25, -0.2) is 9.97 Å². The monoisotopic (exact) mass is 660 g/mol. The quantitative estimate of drug-likeness (QED) is 0.177. The van der Waals surface area contributed by atoms with Crippen molar-refractivity contribution < 1.29 is 0 Å². The number of rotatable bonds is 6. The predicted molar refractivity (Wildman–Crippen MR) is 217 cm³/mol. The van der Waals surface area contributed by atoms with Crippen LogP contribution in [0.1, 0.15) is 0 Å². The fourth-order valence-corrected chi connectivity index (χ4v) is 7.64. The minimum absolute atomic E-state index is 0.712. The molecule has 1 aliphatic rings. The summed E-state index contributed by atoms with van der Waals surface area (Å²) in [4.78, 5) is 10.2. The Morgan fingerprint density at radius 3 is 1.44 bits per heavy atom. The van der Waals surface area contributed by atoms with Crippen molar-refractivity contribution in [2.24, 2.45) is 0 Å². The zero-order valence-corrected chi connectivity index (χ0v) is 28.4. The molecule has 0 bridgehead atoms. The van der Waals surface area contributed by atoms with Crippen molar-refractivity contribution in [3.63, 3.8) is 0 Å². The normalized spacial score (nSPS) is 11.5. The number of fused-ring (bicyclic) bond motifs is 3. The Morgan fingerprint density at radius 2 is 0.731 bits per heavy atom. The SMILES string of the molecule is c1ccc(-c2cccc(-c3cc(-c4ccc(-c5cccc(-c6cc7c8c(cccc8c6)-c6ccccc6-7)c5)cc4)nc(-c4ccccc4)n3)c2)cc1. The van der Waals surface area contributed by atoms with E-state index < -0.39 is 0 Å². The van der Waals surface area contributed by atoms with Crippen molar-refractivity contribution in [1.29, 1.82) is 0 Å². The van der Waals surface area contributed by atoms with E-state index >= 15 is 0 Å². The summed E-state index contributed by atoms with van der Waals surface area (Å²) < 4.78 is 0. The van der Waals surface area contributed by atoms with Gasteiger partial charge in [0.25, 0.3) is 0 Å². The van der Waals surface area contributed by atoms with Gasteiger partial charge in [-0.15, -0.1) is 0 Å². The lowest BCUT2D eigenvalue weighted by Gasteiger charge is -2.12.